The number of hydrogen-bond acceptors (Lipinski definition) is 2. The fourth-order valence-corrected chi connectivity index (χ4v) is 1.76. The number of likely N-dealkylation sites (N-methyl/N-ethyl adjacent to an activating group) is 1. The van der Waals surface area contributed by atoms with Crippen LogP contribution in [-0.4, -0.2) is 59.3 Å². The summed E-state index contributed by atoms with van der Waals surface area (Å²) >= 11 is 5.52. The van der Waals surface area contributed by atoms with Gasteiger partial charge in [0, 0.05) is 0 Å². The van der Waals surface area contributed by atoms with Crippen molar-refractivity contribution in [1.82, 2.24) is 0 Å². The number of carbonyl (C=O) groups is 1. The number of alkyl halides is 1. The molecular weight excluding hydrogens is 218 g/mol. The molecule has 0 aliphatic heterocycles. The van der Waals surface area contributed by atoms with Gasteiger partial charge in [0.15, 0.2) is 6.54 Å². The molecular formula is C10H21ClNO3+. The van der Waals surface area contributed by atoms with E-state index in [1.54, 1.807) is 0 Å². The number of aliphatic hydroxyl groups is 1. The lowest BCUT2D eigenvalue weighted by molar-refractivity contribution is -0.905. The van der Waals surface area contributed by atoms with Gasteiger partial charge in [0.25, 0.3) is 0 Å². The fourth-order valence-electron chi connectivity index (χ4n) is 1.66. The molecule has 0 bridgehead atoms. The average Bonchev–Trinajstić information content (AvgIpc) is 2.13. The molecule has 2 unspecified atom stereocenters. The SMILES string of the molecule is CCCC[N+](C)(CC(=O)O)CC(O)CCl. The highest BCUT2D eigenvalue weighted by atomic mass is 35.5. The molecule has 0 radical (unpaired) electrons. The van der Waals surface area contributed by atoms with Gasteiger partial charge in [-0.05, 0) is 6.42 Å². The number of halogens is 1. The summed E-state index contributed by atoms with van der Waals surface area (Å²) in [6.07, 6.45) is 1.34. The van der Waals surface area contributed by atoms with Gasteiger partial charge in [-0.3, -0.25) is 0 Å². The van der Waals surface area contributed by atoms with Crippen LogP contribution >= 0.6 is 11.6 Å². The molecule has 0 amide bonds. The Morgan fingerprint density at radius 3 is 2.53 bits per heavy atom. The molecule has 0 fully saturated rings. The molecule has 2 N–H and O–H groups in total. The highest BCUT2D eigenvalue weighted by molar-refractivity contribution is 6.18. The normalized spacial score (nSPS) is 17.1. The van der Waals surface area contributed by atoms with E-state index in [1.807, 2.05) is 7.05 Å². The molecule has 0 saturated heterocycles. The van der Waals surface area contributed by atoms with Gasteiger partial charge >= 0.3 is 5.97 Å². The van der Waals surface area contributed by atoms with Crippen LogP contribution in [0.5, 0.6) is 0 Å². The maximum atomic E-state index is 10.7. The first kappa shape index (κ1) is 14.7. The van der Waals surface area contributed by atoms with Crippen molar-refractivity contribution in [1.29, 1.82) is 0 Å². The van der Waals surface area contributed by atoms with Crippen LogP contribution in [-0.2, 0) is 4.79 Å². The first-order chi connectivity index (χ1) is 6.93. The molecule has 5 heteroatoms. The predicted molar refractivity (Wildman–Crippen MR) is 60.1 cm³/mol. The van der Waals surface area contributed by atoms with Crippen molar-refractivity contribution in [2.75, 3.05) is 32.6 Å². The first-order valence-electron chi connectivity index (χ1n) is 5.23. The van der Waals surface area contributed by atoms with E-state index in [-0.39, 0.29) is 12.4 Å². The average molecular weight is 239 g/mol. The van der Waals surface area contributed by atoms with E-state index in [2.05, 4.69) is 6.92 Å². The van der Waals surface area contributed by atoms with Crippen molar-refractivity contribution < 1.29 is 19.5 Å². The lowest BCUT2D eigenvalue weighted by atomic mass is 10.2. The minimum atomic E-state index is -0.838. The Labute approximate surface area is 96.0 Å². The summed E-state index contributed by atoms with van der Waals surface area (Å²) in [4.78, 5) is 10.7. The van der Waals surface area contributed by atoms with E-state index in [0.29, 0.717) is 11.0 Å². The summed E-state index contributed by atoms with van der Waals surface area (Å²) in [6.45, 7) is 3.25. The first-order valence-corrected chi connectivity index (χ1v) is 5.76. The van der Waals surface area contributed by atoms with Crippen LogP contribution in [0, 0.1) is 0 Å². The van der Waals surface area contributed by atoms with Crippen LogP contribution in [0.4, 0.5) is 0 Å². The molecule has 0 rings (SSSR count). The van der Waals surface area contributed by atoms with Crippen molar-refractivity contribution in [2.45, 2.75) is 25.9 Å². The molecule has 0 spiro atoms. The Hall–Kier alpha value is -0.320. The summed E-state index contributed by atoms with van der Waals surface area (Å²) in [5.41, 5.74) is 0. The van der Waals surface area contributed by atoms with Gasteiger partial charge < -0.3 is 14.7 Å². The van der Waals surface area contributed by atoms with Crippen LogP contribution in [0.1, 0.15) is 19.8 Å². The molecule has 0 saturated carbocycles. The predicted octanol–water partition coefficient (Wildman–Crippen LogP) is 0.917. The molecule has 4 nitrogen and oxygen atoms in total. The zero-order valence-electron chi connectivity index (χ0n) is 9.45. The maximum absolute atomic E-state index is 10.7. The number of carboxylic acids is 1. The molecule has 0 aromatic heterocycles. The number of hydrogen-bond donors (Lipinski definition) is 2. The molecule has 15 heavy (non-hydrogen) atoms. The standard InChI is InChI=1S/C10H20ClNO3/c1-3-4-5-12(2,8-10(14)15)7-9(13)6-11/h9,13H,3-8H2,1-2H3/p+1. The molecule has 0 aliphatic rings. The largest absolute Gasteiger partial charge is 0.477 e. The number of carboxylic acid groups (broad SMARTS) is 1. The number of aliphatic hydroxyl groups excluding tert-OH is 1. The third-order valence-electron chi connectivity index (χ3n) is 2.40. The molecule has 0 aromatic rings. The Kier molecular flexibility index (Phi) is 6.89. The van der Waals surface area contributed by atoms with Gasteiger partial charge in [-0.15, -0.1) is 11.6 Å². The lowest BCUT2D eigenvalue weighted by Crippen LogP contribution is -2.52. The van der Waals surface area contributed by atoms with Gasteiger partial charge in [-0.2, -0.15) is 0 Å². The maximum Gasteiger partial charge on any atom is 0.359 e. The van der Waals surface area contributed by atoms with E-state index >= 15 is 0 Å². The fraction of sp³-hybridized carbons (Fsp3) is 0.900. The van der Waals surface area contributed by atoms with E-state index < -0.39 is 12.1 Å². The molecule has 90 valence electrons. The number of rotatable bonds is 8. The summed E-state index contributed by atoms with van der Waals surface area (Å²) in [6, 6.07) is 0. The topological polar surface area (TPSA) is 57.5 Å². The van der Waals surface area contributed by atoms with Crippen molar-refractivity contribution in [3.8, 4) is 0 Å². The van der Waals surface area contributed by atoms with E-state index in [4.69, 9.17) is 16.7 Å². The number of aliphatic carboxylic acids is 1. The minimum Gasteiger partial charge on any atom is -0.477 e. The van der Waals surface area contributed by atoms with Crippen LogP contribution in [0.25, 0.3) is 0 Å². The minimum absolute atomic E-state index is 0.0357. The van der Waals surface area contributed by atoms with Crippen molar-refractivity contribution >= 4 is 17.6 Å². The summed E-state index contributed by atoms with van der Waals surface area (Å²) in [7, 11) is 1.85. The second-order valence-corrected chi connectivity index (χ2v) is 4.55. The number of quaternary nitrogens is 1. The van der Waals surface area contributed by atoms with Crippen LogP contribution in [0.2, 0.25) is 0 Å². The molecule has 2 atom stereocenters. The Balaban J connectivity index is 4.32. The van der Waals surface area contributed by atoms with Gasteiger partial charge in [0.2, 0.25) is 0 Å². The quantitative estimate of drug-likeness (QED) is 0.488. The van der Waals surface area contributed by atoms with Crippen LogP contribution < -0.4 is 0 Å². The summed E-state index contributed by atoms with van der Waals surface area (Å²) < 4.78 is 0.344. The lowest BCUT2D eigenvalue weighted by Gasteiger charge is -2.34. The highest BCUT2D eigenvalue weighted by Crippen LogP contribution is 2.08. The molecule has 0 heterocycles. The monoisotopic (exact) mass is 238 g/mol. The summed E-state index contributed by atoms with van der Waals surface area (Å²) in [5.74, 6) is -0.685. The number of nitrogens with zero attached hydrogens (tertiary/aromatic N) is 1. The Morgan fingerprint density at radius 2 is 2.13 bits per heavy atom. The van der Waals surface area contributed by atoms with E-state index in [9.17, 15) is 9.90 Å². The van der Waals surface area contributed by atoms with E-state index in [1.165, 1.54) is 0 Å². The van der Waals surface area contributed by atoms with Crippen LogP contribution in [0.3, 0.4) is 0 Å². The van der Waals surface area contributed by atoms with Crippen LogP contribution in [0.15, 0.2) is 0 Å². The summed E-state index contributed by atoms with van der Waals surface area (Å²) in [5, 5.41) is 18.3. The zero-order chi connectivity index (χ0) is 11.9. The van der Waals surface area contributed by atoms with Gasteiger partial charge in [-0.25, -0.2) is 4.79 Å². The highest BCUT2D eigenvalue weighted by Gasteiger charge is 2.27. The molecule has 0 aliphatic carbocycles. The van der Waals surface area contributed by atoms with Crippen molar-refractivity contribution in [3.05, 3.63) is 0 Å². The Bertz CT molecular complexity index is 201. The van der Waals surface area contributed by atoms with Gasteiger partial charge in [0.1, 0.15) is 12.6 Å². The zero-order valence-corrected chi connectivity index (χ0v) is 10.2. The van der Waals surface area contributed by atoms with Crippen molar-refractivity contribution in [2.24, 2.45) is 0 Å². The Morgan fingerprint density at radius 1 is 1.53 bits per heavy atom. The second-order valence-electron chi connectivity index (χ2n) is 4.24. The van der Waals surface area contributed by atoms with Gasteiger partial charge in [0.05, 0.1) is 19.5 Å². The van der Waals surface area contributed by atoms with Crippen molar-refractivity contribution in [3.63, 3.8) is 0 Å². The third-order valence-corrected chi connectivity index (χ3v) is 2.75. The van der Waals surface area contributed by atoms with Gasteiger partial charge in [-0.1, -0.05) is 13.3 Å². The molecule has 0 aromatic carbocycles. The smallest absolute Gasteiger partial charge is 0.359 e. The third kappa shape index (κ3) is 6.71. The number of unbranched alkanes of at least 4 members (excludes halogenated alkanes) is 1. The van der Waals surface area contributed by atoms with E-state index in [0.717, 1.165) is 19.4 Å². The second kappa shape index (κ2) is 7.04.